The van der Waals surface area contributed by atoms with Crippen LogP contribution in [0.25, 0.3) is 0 Å². The summed E-state index contributed by atoms with van der Waals surface area (Å²) in [6.45, 7) is -0.0997. The number of hydrogen-bond acceptors (Lipinski definition) is 6. The summed E-state index contributed by atoms with van der Waals surface area (Å²) in [5.41, 5.74) is 1.02. The molecule has 0 aliphatic rings. The van der Waals surface area contributed by atoms with E-state index in [4.69, 9.17) is 11.6 Å². The lowest BCUT2D eigenvalue weighted by Crippen LogP contribution is -2.21. The van der Waals surface area contributed by atoms with Crippen molar-refractivity contribution in [3.05, 3.63) is 63.2 Å². The fourth-order valence-electron chi connectivity index (χ4n) is 1.96. The predicted molar refractivity (Wildman–Crippen MR) is 93.0 cm³/mol. The van der Waals surface area contributed by atoms with Crippen molar-refractivity contribution < 1.29 is 19.2 Å². The Hall–Kier alpha value is -3.13. The van der Waals surface area contributed by atoms with Gasteiger partial charge in [0.1, 0.15) is 5.02 Å². The molecule has 0 aliphatic carbocycles. The molecule has 9 heteroatoms. The van der Waals surface area contributed by atoms with E-state index in [2.05, 4.69) is 15.4 Å². The molecule has 25 heavy (non-hydrogen) atoms. The second-order valence-electron chi connectivity index (χ2n) is 4.89. The minimum atomic E-state index is -0.601. The fraction of sp³-hybridized carbons (Fsp3) is 0.125. The fourth-order valence-corrected chi connectivity index (χ4v) is 2.14. The van der Waals surface area contributed by atoms with Gasteiger partial charge >= 0.3 is 5.97 Å². The van der Waals surface area contributed by atoms with Gasteiger partial charge < -0.3 is 15.4 Å². The van der Waals surface area contributed by atoms with E-state index in [9.17, 15) is 19.7 Å². The number of amides is 1. The average molecular weight is 364 g/mol. The highest BCUT2D eigenvalue weighted by molar-refractivity contribution is 6.32. The first-order valence-electron chi connectivity index (χ1n) is 7.06. The molecule has 2 N–H and O–H groups in total. The van der Waals surface area contributed by atoms with Gasteiger partial charge in [-0.15, -0.1) is 0 Å². The van der Waals surface area contributed by atoms with Crippen LogP contribution in [0.4, 0.5) is 17.1 Å². The number of benzene rings is 2. The number of ether oxygens (including phenoxy) is 1. The predicted octanol–water partition coefficient (Wildman–Crippen LogP) is 3.09. The van der Waals surface area contributed by atoms with E-state index >= 15 is 0 Å². The van der Waals surface area contributed by atoms with E-state index in [1.165, 1.54) is 37.4 Å². The molecule has 0 bridgehead atoms. The van der Waals surface area contributed by atoms with Crippen molar-refractivity contribution in [1.82, 2.24) is 0 Å². The highest BCUT2D eigenvalue weighted by Gasteiger charge is 2.13. The Morgan fingerprint density at radius 1 is 1.16 bits per heavy atom. The molecule has 2 aromatic carbocycles. The van der Waals surface area contributed by atoms with Crippen LogP contribution < -0.4 is 10.6 Å². The van der Waals surface area contributed by atoms with Gasteiger partial charge in [-0.2, -0.15) is 0 Å². The van der Waals surface area contributed by atoms with E-state index in [-0.39, 0.29) is 23.2 Å². The van der Waals surface area contributed by atoms with Crippen LogP contribution in [-0.4, -0.2) is 30.5 Å². The average Bonchev–Trinajstić information content (AvgIpc) is 2.60. The summed E-state index contributed by atoms with van der Waals surface area (Å²) in [6.07, 6.45) is 0. The molecule has 0 saturated carbocycles. The second-order valence-corrected chi connectivity index (χ2v) is 5.30. The summed E-state index contributed by atoms with van der Waals surface area (Å²) in [7, 11) is 1.28. The highest BCUT2D eigenvalue weighted by Crippen LogP contribution is 2.27. The quantitative estimate of drug-likeness (QED) is 0.463. The van der Waals surface area contributed by atoms with Gasteiger partial charge in [-0.1, -0.05) is 11.6 Å². The molecule has 2 aromatic rings. The number of carbonyl (C=O) groups is 2. The van der Waals surface area contributed by atoms with Gasteiger partial charge in [0.25, 0.3) is 5.69 Å². The maximum Gasteiger partial charge on any atom is 0.337 e. The molecule has 0 heterocycles. The van der Waals surface area contributed by atoms with Crippen molar-refractivity contribution in [1.29, 1.82) is 0 Å². The Balaban J connectivity index is 1.94. The Morgan fingerprint density at radius 2 is 1.80 bits per heavy atom. The highest BCUT2D eigenvalue weighted by atomic mass is 35.5. The van der Waals surface area contributed by atoms with Crippen molar-refractivity contribution in [2.24, 2.45) is 0 Å². The lowest BCUT2D eigenvalue weighted by atomic mass is 10.2. The van der Waals surface area contributed by atoms with Crippen molar-refractivity contribution in [2.45, 2.75) is 0 Å². The zero-order valence-corrected chi connectivity index (χ0v) is 13.9. The van der Waals surface area contributed by atoms with E-state index in [1.54, 1.807) is 12.1 Å². The number of hydrogen-bond donors (Lipinski definition) is 2. The third-order valence-electron chi connectivity index (χ3n) is 3.19. The molecule has 0 saturated heterocycles. The van der Waals surface area contributed by atoms with Gasteiger partial charge in [0.2, 0.25) is 5.91 Å². The third-order valence-corrected chi connectivity index (χ3v) is 3.51. The first kappa shape index (κ1) is 18.2. The molecule has 0 unspecified atom stereocenters. The molecule has 0 fully saturated rings. The monoisotopic (exact) mass is 363 g/mol. The van der Waals surface area contributed by atoms with Gasteiger partial charge in [0, 0.05) is 17.4 Å². The Morgan fingerprint density at radius 3 is 2.40 bits per heavy atom. The van der Waals surface area contributed by atoms with Crippen LogP contribution in [0.2, 0.25) is 5.02 Å². The zero-order valence-electron chi connectivity index (χ0n) is 13.1. The SMILES string of the molecule is COC(=O)c1ccc(NC(=O)CNc2ccc(Cl)c([N+](=O)[O-])c2)cc1. The Labute approximate surface area is 147 Å². The molecule has 0 atom stereocenters. The number of anilines is 2. The molecule has 1 amide bonds. The van der Waals surface area contributed by atoms with Crippen LogP contribution in [0.1, 0.15) is 10.4 Å². The molecule has 8 nitrogen and oxygen atoms in total. The number of carbonyl (C=O) groups excluding carboxylic acids is 2. The van der Waals surface area contributed by atoms with E-state index in [0.29, 0.717) is 16.9 Å². The van der Waals surface area contributed by atoms with E-state index < -0.39 is 10.9 Å². The standard InChI is InChI=1S/C16H14ClN3O5/c1-25-16(22)10-2-4-11(5-3-10)19-15(21)9-18-12-6-7-13(17)14(8-12)20(23)24/h2-8,18H,9H2,1H3,(H,19,21). The number of halogens is 1. The first-order valence-corrected chi connectivity index (χ1v) is 7.44. The van der Waals surface area contributed by atoms with Gasteiger partial charge in [-0.25, -0.2) is 4.79 Å². The summed E-state index contributed by atoms with van der Waals surface area (Å²) in [5, 5.41) is 16.3. The Kier molecular flexibility index (Phi) is 5.91. The molecule has 0 radical (unpaired) electrons. The maximum absolute atomic E-state index is 11.9. The number of esters is 1. The molecule has 2 rings (SSSR count). The third kappa shape index (κ3) is 4.92. The lowest BCUT2D eigenvalue weighted by molar-refractivity contribution is -0.384. The first-order chi connectivity index (χ1) is 11.9. The minimum absolute atomic E-state index is 0.0192. The van der Waals surface area contributed by atoms with Crippen molar-refractivity contribution in [3.8, 4) is 0 Å². The van der Waals surface area contributed by atoms with Gasteiger partial charge in [0.05, 0.1) is 24.1 Å². The minimum Gasteiger partial charge on any atom is -0.465 e. The van der Waals surface area contributed by atoms with Crippen LogP contribution >= 0.6 is 11.6 Å². The Bertz CT molecular complexity index is 808. The number of nitrogens with one attached hydrogen (secondary N) is 2. The van der Waals surface area contributed by atoms with Crippen molar-refractivity contribution in [2.75, 3.05) is 24.3 Å². The second kappa shape index (κ2) is 8.11. The summed E-state index contributed by atoms with van der Waals surface area (Å²) in [5.74, 6) is -0.827. The normalized spacial score (nSPS) is 10.0. The van der Waals surface area contributed by atoms with Crippen molar-refractivity contribution >= 4 is 40.5 Å². The number of nitrogens with zero attached hydrogens (tertiary/aromatic N) is 1. The van der Waals surface area contributed by atoms with Gasteiger partial charge in [-0.3, -0.25) is 14.9 Å². The van der Waals surface area contributed by atoms with Gasteiger partial charge in [-0.05, 0) is 36.4 Å². The molecular weight excluding hydrogens is 350 g/mol. The molecule has 130 valence electrons. The summed E-state index contributed by atoms with van der Waals surface area (Å²) in [6, 6.07) is 10.4. The zero-order chi connectivity index (χ0) is 18.4. The van der Waals surface area contributed by atoms with Crippen LogP contribution in [-0.2, 0) is 9.53 Å². The van der Waals surface area contributed by atoms with Crippen LogP contribution in [0.3, 0.4) is 0 Å². The van der Waals surface area contributed by atoms with Gasteiger partial charge in [0.15, 0.2) is 0 Å². The summed E-state index contributed by atoms with van der Waals surface area (Å²) < 4.78 is 4.59. The molecular formula is C16H14ClN3O5. The topological polar surface area (TPSA) is 111 Å². The summed E-state index contributed by atoms with van der Waals surface area (Å²) >= 11 is 5.73. The van der Waals surface area contributed by atoms with E-state index in [1.807, 2.05) is 0 Å². The van der Waals surface area contributed by atoms with Crippen LogP contribution in [0, 0.1) is 10.1 Å². The van der Waals surface area contributed by atoms with E-state index in [0.717, 1.165) is 0 Å². The molecule has 0 aromatic heterocycles. The largest absolute Gasteiger partial charge is 0.465 e. The smallest absolute Gasteiger partial charge is 0.337 e. The van der Waals surface area contributed by atoms with Crippen LogP contribution in [0.5, 0.6) is 0 Å². The molecule has 0 spiro atoms. The number of nitro groups is 1. The number of rotatable bonds is 6. The molecule has 0 aliphatic heterocycles. The number of nitro benzene ring substituents is 1. The summed E-state index contributed by atoms with van der Waals surface area (Å²) in [4.78, 5) is 33.5. The lowest BCUT2D eigenvalue weighted by Gasteiger charge is -2.08. The number of methoxy groups -OCH3 is 1. The van der Waals surface area contributed by atoms with Crippen LogP contribution in [0.15, 0.2) is 42.5 Å². The maximum atomic E-state index is 11.9. The van der Waals surface area contributed by atoms with Crippen molar-refractivity contribution in [3.63, 3.8) is 0 Å².